The van der Waals surface area contributed by atoms with Gasteiger partial charge in [0, 0.05) is 51.0 Å². The first-order valence-electron chi connectivity index (χ1n) is 8.73. The quantitative estimate of drug-likeness (QED) is 0.303. The van der Waals surface area contributed by atoms with Crippen molar-refractivity contribution >= 4 is 52.1 Å². The normalized spacial score (nSPS) is 11.2. The predicted octanol–water partition coefficient (Wildman–Crippen LogP) is 2.62. The van der Waals surface area contributed by atoms with Crippen LogP contribution in [-0.2, 0) is 13.0 Å². The van der Waals surface area contributed by atoms with E-state index in [4.69, 9.17) is 0 Å². The fourth-order valence-corrected chi connectivity index (χ4v) is 3.42. The Kier molecular flexibility index (Phi) is 8.24. The van der Waals surface area contributed by atoms with Crippen LogP contribution in [0.1, 0.15) is 21.6 Å². The molecule has 0 aliphatic carbocycles. The van der Waals surface area contributed by atoms with Crippen molar-refractivity contribution in [3.63, 3.8) is 0 Å². The summed E-state index contributed by atoms with van der Waals surface area (Å²) in [6.07, 6.45) is 4.81. The third-order valence-electron chi connectivity index (χ3n) is 4.09. The Balaban J connectivity index is 0.00000280. The first-order chi connectivity index (χ1) is 13.1. The molecule has 0 bridgehead atoms. The van der Waals surface area contributed by atoms with E-state index in [0.29, 0.717) is 12.1 Å². The van der Waals surface area contributed by atoms with E-state index in [2.05, 4.69) is 20.6 Å². The number of halogens is 1. The van der Waals surface area contributed by atoms with Crippen LogP contribution in [0.15, 0.2) is 47.0 Å². The molecule has 2 aromatic heterocycles. The second-order valence-corrected chi connectivity index (χ2v) is 7.20. The number of thiazole rings is 1. The number of amides is 1. The fraction of sp³-hybridized carbons (Fsp3) is 0.316. The minimum absolute atomic E-state index is 0. The van der Waals surface area contributed by atoms with Crippen molar-refractivity contribution in [1.29, 1.82) is 0 Å². The molecule has 2 N–H and O–H groups in total. The van der Waals surface area contributed by atoms with Crippen molar-refractivity contribution in [2.45, 2.75) is 13.0 Å². The van der Waals surface area contributed by atoms with E-state index in [9.17, 15) is 4.79 Å². The van der Waals surface area contributed by atoms with E-state index in [1.165, 1.54) is 0 Å². The van der Waals surface area contributed by atoms with Gasteiger partial charge in [0.1, 0.15) is 0 Å². The number of nitrogens with one attached hydrogen (secondary N) is 2. The summed E-state index contributed by atoms with van der Waals surface area (Å²) in [5.41, 5.74) is 2.79. The summed E-state index contributed by atoms with van der Waals surface area (Å²) in [6, 6.07) is 7.74. The molecule has 150 valence electrons. The highest BCUT2D eigenvalue weighted by Gasteiger charge is 2.08. The molecule has 0 spiro atoms. The van der Waals surface area contributed by atoms with Crippen LogP contribution in [0.2, 0.25) is 0 Å². The summed E-state index contributed by atoms with van der Waals surface area (Å²) in [5, 5.41) is 8.59. The average molecular weight is 512 g/mol. The maximum Gasteiger partial charge on any atom is 0.253 e. The van der Waals surface area contributed by atoms with Crippen molar-refractivity contribution in [3.05, 3.63) is 58.9 Å². The Morgan fingerprint density at radius 3 is 2.86 bits per heavy atom. The molecule has 0 saturated carbocycles. The van der Waals surface area contributed by atoms with Gasteiger partial charge < -0.3 is 15.5 Å². The number of aromatic nitrogens is 2. The van der Waals surface area contributed by atoms with Crippen LogP contribution in [0.4, 0.5) is 0 Å². The van der Waals surface area contributed by atoms with E-state index < -0.39 is 0 Å². The Hall–Kier alpha value is -2.14. The zero-order valence-corrected chi connectivity index (χ0v) is 19.3. The van der Waals surface area contributed by atoms with Crippen LogP contribution in [0.25, 0.3) is 4.96 Å². The second-order valence-electron chi connectivity index (χ2n) is 6.33. The van der Waals surface area contributed by atoms with Gasteiger partial charge in [0.25, 0.3) is 5.91 Å². The molecule has 28 heavy (non-hydrogen) atoms. The summed E-state index contributed by atoms with van der Waals surface area (Å²) >= 11 is 1.62. The highest BCUT2D eigenvalue weighted by Crippen LogP contribution is 2.11. The van der Waals surface area contributed by atoms with Crippen LogP contribution in [0.5, 0.6) is 0 Å². The van der Waals surface area contributed by atoms with Gasteiger partial charge in [-0.1, -0.05) is 12.1 Å². The van der Waals surface area contributed by atoms with Crippen LogP contribution in [0, 0.1) is 0 Å². The lowest BCUT2D eigenvalue weighted by atomic mass is 10.1. The molecular formula is C19H25IN6OS. The molecule has 0 aliphatic rings. The van der Waals surface area contributed by atoms with Crippen molar-refractivity contribution in [2.75, 3.05) is 27.7 Å². The Bertz CT molecular complexity index is 920. The molecule has 2 heterocycles. The first kappa shape index (κ1) is 22.2. The molecule has 3 rings (SSSR count). The Morgan fingerprint density at radius 1 is 1.32 bits per heavy atom. The molecular weight excluding hydrogens is 487 g/mol. The number of hydrogen-bond acceptors (Lipinski definition) is 4. The monoisotopic (exact) mass is 512 g/mol. The number of carbonyl (C=O) groups is 1. The van der Waals surface area contributed by atoms with Crippen LogP contribution < -0.4 is 10.6 Å². The van der Waals surface area contributed by atoms with E-state index in [1.807, 2.05) is 46.4 Å². The molecule has 0 atom stereocenters. The topological polar surface area (TPSA) is 74.0 Å². The Labute approximate surface area is 185 Å². The Morgan fingerprint density at radius 2 is 2.14 bits per heavy atom. The van der Waals surface area contributed by atoms with Gasteiger partial charge in [-0.2, -0.15) is 0 Å². The number of fused-ring (bicyclic) bond motifs is 1. The van der Waals surface area contributed by atoms with Gasteiger partial charge in [-0.15, -0.1) is 35.3 Å². The van der Waals surface area contributed by atoms with Crippen molar-refractivity contribution < 1.29 is 4.79 Å². The smallest absolute Gasteiger partial charge is 0.253 e. The SMILES string of the molecule is CN=C(NCCc1cccc(C(=O)N(C)C)c1)NCc1cn2ccsc2n1.I. The number of benzene rings is 1. The second kappa shape index (κ2) is 10.4. The number of rotatable bonds is 6. The summed E-state index contributed by atoms with van der Waals surface area (Å²) in [7, 11) is 5.27. The van der Waals surface area contributed by atoms with Crippen LogP contribution in [-0.4, -0.2) is 53.8 Å². The van der Waals surface area contributed by atoms with Gasteiger partial charge in [0.05, 0.1) is 12.2 Å². The fourth-order valence-electron chi connectivity index (χ4n) is 2.70. The van der Waals surface area contributed by atoms with E-state index >= 15 is 0 Å². The van der Waals surface area contributed by atoms with Gasteiger partial charge in [-0.3, -0.25) is 14.2 Å². The molecule has 7 nitrogen and oxygen atoms in total. The lowest BCUT2D eigenvalue weighted by Gasteiger charge is -2.13. The van der Waals surface area contributed by atoms with Gasteiger partial charge >= 0.3 is 0 Å². The average Bonchev–Trinajstić information content (AvgIpc) is 3.25. The number of carbonyl (C=O) groups excluding carboxylic acids is 1. The minimum atomic E-state index is 0. The zero-order valence-electron chi connectivity index (χ0n) is 16.2. The van der Waals surface area contributed by atoms with Crippen molar-refractivity contribution in [3.8, 4) is 0 Å². The first-order valence-corrected chi connectivity index (χ1v) is 9.61. The number of guanidine groups is 1. The molecule has 1 aromatic carbocycles. The largest absolute Gasteiger partial charge is 0.356 e. The van der Waals surface area contributed by atoms with Crippen LogP contribution in [0.3, 0.4) is 0 Å². The third-order valence-corrected chi connectivity index (χ3v) is 4.86. The maximum absolute atomic E-state index is 12.1. The van der Waals surface area contributed by atoms with E-state index in [1.54, 1.807) is 37.4 Å². The van der Waals surface area contributed by atoms with Gasteiger partial charge in [-0.05, 0) is 24.1 Å². The molecule has 0 saturated heterocycles. The highest BCUT2D eigenvalue weighted by atomic mass is 127. The lowest BCUT2D eigenvalue weighted by Crippen LogP contribution is -2.37. The number of aliphatic imine (C=N–C) groups is 1. The minimum Gasteiger partial charge on any atom is -0.356 e. The third kappa shape index (κ3) is 5.68. The highest BCUT2D eigenvalue weighted by molar-refractivity contribution is 14.0. The molecule has 3 aromatic rings. The number of hydrogen-bond donors (Lipinski definition) is 2. The standard InChI is InChI=1S/C19H24N6OS.HI/c1-20-18(22-12-16-13-25-9-10-27-19(25)23-16)21-8-7-14-5-4-6-15(11-14)17(26)24(2)3;/h4-6,9-11,13H,7-8,12H2,1-3H3,(H2,20,21,22);1H. The van der Waals surface area contributed by atoms with Gasteiger partial charge in [0.2, 0.25) is 0 Å². The van der Waals surface area contributed by atoms with Gasteiger partial charge in [0.15, 0.2) is 10.9 Å². The van der Waals surface area contributed by atoms with Crippen molar-refractivity contribution in [2.24, 2.45) is 4.99 Å². The predicted molar refractivity (Wildman–Crippen MR) is 125 cm³/mol. The zero-order chi connectivity index (χ0) is 19.2. The molecule has 0 unspecified atom stereocenters. The molecule has 0 aliphatic heterocycles. The summed E-state index contributed by atoms with van der Waals surface area (Å²) < 4.78 is 2.01. The molecule has 0 fully saturated rings. The summed E-state index contributed by atoms with van der Waals surface area (Å²) in [5.74, 6) is 0.745. The number of imidazole rings is 1. The molecule has 1 amide bonds. The summed E-state index contributed by atoms with van der Waals surface area (Å²) in [4.78, 5) is 23.4. The van der Waals surface area contributed by atoms with E-state index in [-0.39, 0.29) is 29.9 Å². The molecule has 9 heteroatoms. The van der Waals surface area contributed by atoms with E-state index in [0.717, 1.165) is 35.1 Å². The molecule has 0 radical (unpaired) electrons. The summed E-state index contributed by atoms with van der Waals surface area (Å²) in [6.45, 7) is 1.33. The van der Waals surface area contributed by atoms with Crippen molar-refractivity contribution in [1.82, 2.24) is 24.9 Å². The lowest BCUT2D eigenvalue weighted by molar-refractivity contribution is 0.0827. The maximum atomic E-state index is 12.1. The van der Waals surface area contributed by atoms with Crippen LogP contribution >= 0.6 is 35.3 Å². The number of nitrogens with zero attached hydrogens (tertiary/aromatic N) is 4. The van der Waals surface area contributed by atoms with Gasteiger partial charge in [-0.25, -0.2) is 4.98 Å².